The molecule has 0 aliphatic heterocycles. The Morgan fingerprint density at radius 2 is 1.94 bits per heavy atom. The second-order valence-corrected chi connectivity index (χ2v) is 4.61. The normalized spacial score (nSPS) is 18.4. The second-order valence-electron chi connectivity index (χ2n) is 4.61. The Bertz CT molecular complexity index is 242. The lowest BCUT2D eigenvalue weighted by Gasteiger charge is -2.20. The van der Waals surface area contributed by atoms with E-state index in [0.717, 1.165) is 12.8 Å². The van der Waals surface area contributed by atoms with Crippen molar-refractivity contribution < 1.29 is 14.3 Å². The van der Waals surface area contributed by atoms with Crippen LogP contribution in [0.4, 0.5) is 0 Å². The lowest BCUT2D eigenvalue weighted by molar-refractivity contribution is -0.147. The lowest BCUT2D eigenvalue weighted by Crippen LogP contribution is -2.24. The molecule has 1 saturated carbocycles. The molecule has 92 valence electrons. The van der Waals surface area contributed by atoms with E-state index in [0.29, 0.717) is 25.2 Å². The smallest absolute Gasteiger partial charge is 0.308 e. The van der Waals surface area contributed by atoms with Gasteiger partial charge in [0.2, 0.25) is 0 Å². The van der Waals surface area contributed by atoms with E-state index in [9.17, 15) is 9.59 Å². The van der Waals surface area contributed by atoms with E-state index >= 15 is 0 Å². The third-order valence-electron chi connectivity index (χ3n) is 3.60. The summed E-state index contributed by atoms with van der Waals surface area (Å²) in [5.41, 5.74) is 0. The number of esters is 1. The molecule has 0 amide bonds. The van der Waals surface area contributed by atoms with Crippen LogP contribution in [-0.4, -0.2) is 18.9 Å². The molecule has 0 aromatic heterocycles. The maximum Gasteiger partial charge on any atom is 0.308 e. The van der Waals surface area contributed by atoms with Crippen LogP contribution in [-0.2, 0) is 14.3 Å². The minimum Gasteiger partial charge on any atom is -0.469 e. The first-order chi connectivity index (χ1) is 7.69. The van der Waals surface area contributed by atoms with Crippen molar-refractivity contribution in [3.05, 3.63) is 0 Å². The lowest BCUT2D eigenvalue weighted by atomic mass is 9.86. The van der Waals surface area contributed by atoms with Crippen molar-refractivity contribution in [1.29, 1.82) is 0 Å². The van der Waals surface area contributed by atoms with Gasteiger partial charge in [-0.2, -0.15) is 0 Å². The molecule has 0 spiro atoms. The van der Waals surface area contributed by atoms with Crippen LogP contribution in [0.5, 0.6) is 0 Å². The summed E-state index contributed by atoms with van der Waals surface area (Å²) in [7, 11) is 1.44. The highest BCUT2D eigenvalue weighted by Crippen LogP contribution is 2.34. The standard InChI is InChI=1S/C13H22O3/c1-3-11(14)8-9-12(13(15)16-2)10-6-4-5-7-10/h10,12H,3-9H2,1-2H3. The maximum absolute atomic E-state index is 11.7. The molecule has 0 heterocycles. The van der Waals surface area contributed by atoms with Crippen LogP contribution in [0, 0.1) is 11.8 Å². The number of ketones is 1. The van der Waals surface area contributed by atoms with Gasteiger partial charge >= 0.3 is 5.97 Å². The Balaban J connectivity index is 2.49. The van der Waals surface area contributed by atoms with Crippen molar-refractivity contribution >= 4 is 11.8 Å². The van der Waals surface area contributed by atoms with E-state index in [-0.39, 0.29) is 17.7 Å². The summed E-state index contributed by atoms with van der Waals surface area (Å²) >= 11 is 0. The second kappa shape index (κ2) is 6.66. The zero-order valence-corrected chi connectivity index (χ0v) is 10.3. The van der Waals surface area contributed by atoms with Crippen molar-refractivity contribution in [3.8, 4) is 0 Å². The Labute approximate surface area is 97.5 Å². The summed E-state index contributed by atoms with van der Waals surface area (Å²) in [4.78, 5) is 23.0. The topological polar surface area (TPSA) is 43.4 Å². The minimum absolute atomic E-state index is 0.0528. The first kappa shape index (κ1) is 13.2. The van der Waals surface area contributed by atoms with Gasteiger partial charge in [0.05, 0.1) is 13.0 Å². The molecule has 0 saturated heterocycles. The van der Waals surface area contributed by atoms with E-state index in [1.54, 1.807) is 0 Å². The Morgan fingerprint density at radius 3 is 2.44 bits per heavy atom. The van der Waals surface area contributed by atoms with Gasteiger partial charge in [-0.3, -0.25) is 9.59 Å². The summed E-state index contributed by atoms with van der Waals surface area (Å²) < 4.78 is 4.84. The van der Waals surface area contributed by atoms with Gasteiger partial charge in [-0.1, -0.05) is 19.8 Å². The average molecular weight is 226 g/mol. The first-order valence-electron chi connectivity index (χ1n) is 6.28. The molecule has 1 rings (SSSR count). The number of ether oxygens (including phenoxy) is 1. The van der Waals surface area contributed by atoms with Crippen LogP contribution in [0.3, 0.4) is 0 Å². The number of rotatable bonds is 6. The molecule has 16 heavy (non-hydrogen) atoms. The van der Waals surface area contributed by atoms with Crippen LogP contribution < -0.4 is 0 Å². The van der Waals surface area contributed by atoms with Gasteiger partial charge in [0.25, 0.3) is 0 Å². The van der Waals surface area contributed by atoms with Gasteiger partial charge in [0.1, 0.15) is 5.78 Å². The van der Waals surface area contributed by atoms with Crippen molar-refractivity contribution in [3.63, 3.8) is 0 Å². The molecule has 1 atom stereocenters. The molecule has 3 heteroatoms. The predicted octanol–water partition coefficient (Wildman–Crippen LogP) is 2.73. The van der Waals surface area contributed by atoms with Crippen LogP contribution in [0.15, 0.2) is 0 Å². The fourth-order valence-electron chi connectivity index (χ4n) is 2.55. The summed E-state index contributed by atoms with van der Waals surface area (Å²) in [5, 5.41) is 0. The predicted molar refractivity (Wildman–Crippen MR) is 62.0 cm³/mol. The fourth-order valence-corrected chi connectivity index (χ4v) is 2.55. The van der Waals surface area contributed by atoms with Gasteiger partial charge in [-0.25, -0.2) is 0 Å². The zero-order chi connectivity index (χ0) is 12.0. The van der Waals surface area contributed by atoms with Crippen LogP contribution in [0.1, 0.15) is 51.9 Å². The highest BCUT2D eigenvalue weighted by molar-refractivity contribution is 5.79. The van der Waals surface area contributed by atoms with E-state index in [1.165, 1.54) is 20.0 Å². The summed E-state index contributed by atoms with van der Waals surface area (Å²) in [5.74, 6) is 0.503. The minimum atomic E-state index is -0.129. The third-order valence-corrected chi connectivity index (χ3v) is 3.60. The summed E-state index contributed by atoms with van der Waals surface area (Å²) in [6.45, 7) is 1.87. The number of hydrogen-bond acceptors (Lipinski definition) is 3. The number of carbonyl (C=O) groups is 2. The Morgan fingerprint density at radius 1 is 1.31 bits per heavy atom. The highest BCUT2D eigenvalue weighted by atomic mass is 16.5. The van der Waals surface area contributed by atoms with E-state index < -0.39 is 0 Å². The monoisotopic (exact) mass is 226 g/mol. The molecule has 1 aliphatic rings. The molecule has 1 aliphatic carbocycles. The summed E-state index contributed by atoms with van der Waals surface area (Å²) in [6, 6.07) is 0. The van der Waals surface area contributed by atoms with E-state index in [4.69, 9.17) is 4.74 Å². The van der Waals surface area contributed by atoms with Crippen LogP contribution in [0.25, 0.3) is 0 Å². The van der Waals surface area contributed by atoms with Gasteiger partial charge in [-0.15, -0.1) is 0 Å². The van der Waals surface area contributed by atoms with Crippen LogP contribution in [0.2, 0.25) is 0 Å². The number of carbonyl (C=O) groups excluding carboxylic acids is 2. The largest absolute Gasteiger partial charge is 0.469 e. The highest BCUT2D eigenvalue weighted by Gasteiger charge is 2.31. The van der Waals surface area contributed by atoms with Crippen molar-refractivity contribution in [1.82, 2.24) is 0 Å². The zero-order valence-electron chi connectivity index (χ0n) is 10.3. The molecule has 0 N–H and O–H groups in total. The summed E-state index contributed by atoms with van der Waals surface area (Å²) in [6.07, 6.45) is 6.40. The van der Waals surface area contributed by atoms with Crippen LogP contribution >= 0.6 is 0 Å². The molecule has 1 unspecified atom stereocenters. The van der Waals surface area contributed by atoms with E-state index in [1.807, 2.05) is 6.92 Å². The molecule has 0 radical (unpaired) electrons. The Kier molecular flexibility index (Phi) is 5.50. The van der Waals surface area contributed by atoms with Gasteiger partial charge in [0, 0.05) is 12.8 Å². The first-order valence-corrected chi connectivity index (χ1v) is 6.28. The number of methoxy groups -OCH3 is 1. The SMILES string of the molecule is CCC(=O)CCC(C(=O)OC)C1CCCC1. The molecular formula is C13H22O3. The number of hydrogen-bond donors (Lipinski definition) is 0. The quantitative estimate of drug-likeness (QED) is 0.654. The third kappa shape index (κ3) is 3.62. The van der Waals surface area contributed by atoms with E-state index in [2.05, 4.69) is 0 Å². The average Bonchev–Trinajstić information content (AvgIpc) is 2.82. The fraction of sp³-hybridized carbons (Fsp3) is 0.846. The molecule has 3 nitrogen and oxygen atoms in total. The number of Topliss-reactive ketones (excluding diaryl/α,β-unsaturated/α-hetero) is 1. The van der Waals surface area contributed by atoms with Gasteiger partial charge in [-0.05, 0) is 25.2 Å². The van der Waals surface area contributed by atoms with Crippen molar-refractivity contribution in [2.24, 2.45) is 11.8 Å². The Hall–Kier alpha value is -0.860. The van der Waals surface area contributed by atoms with Gasteiger partial charge < -0.3 is 4.74 Å². The maximum atomic E-state index is 11.7. The van der Waals surface area contributed by atoms with Crippen molar-refractivity contribution in [2.45, 2.75) is 51.9 Å². The van der Waals surface area contributed by atoms with Gasteiger partial charge in [0.15, 0.2) is 0 Å². The van der Waals surface area contributed by atoms with Crippen molar-refractivity contribution in [2.75, 3.05) is 7.11 Å². The molecule has 0 aromatic rings. The molecule has 1 fully saturated rings. The molecule has 0 aromatic carbocycles. The molecular weight excluding hydrogens is 204 g/mol. The molecule has 0 bridgehead atoms.